The predicted octanol–water partition coefficient (Wildman–Crippen LogP) is 3.77. The van der Waals surface area contributed by atoms with Crippen LogP contribution in [0.15, 0.2) is 16.6 Å². The number of nitrogens with zero attached hydrogens (tertiary/aromatic N) is 2. The van der Waals surface area contributed by atoms with Crippen molar-refractivity contribution in [3.8, 4) is 5.75 Å². The molecule has 2 rings (SSSR count). The first-order chi connectivity index (χ1) is 11.3. The summed E-state index contributed by atoms with van der Waals surface area (Å²) in [7, 11) is 0. The van der Waals surface area contributed by atoms with Crippen LogP contribution in [-0.4, -0.2) is 22.4 Å². The smallest absolute Gasteiger partial charge is 0.255 e. The monoisotopic (exact) mass is 432 g/mol. The van der Waals surface area contributed by atoms with Gasteiger partial charge in [0.25, 0.3) is 5.91 Å². The van der Waals surface area contributed by atoms with E-state index in [-0.39, 0.29) is 18.5 Å². The number of carbonyl (C=O) groups excluding carboxylic acids is 1. The van der Waals surface area contributed by atoms with Gasteiger partial charge in [-0.2, -0.15) is 0 Å². The van der Waals surface area contributed by atoms with Crippen LogP contribution >= 0.6 is 39.1 Å². The van der Waals surface area contributed by atoms with Crippen LogP contribution in [0.25, 0.3) is 0 Å². The molecule has 1 amide bonds. The molecular formula is C15H15BrCl2N4O2. The third-order valence-corrected chi connectivity index (χ3v) is 4.15. The van der Waals surface area contributed by atoms with Crippen molar-refractivity contribution in [2.75, 3.05) is 12.3 Å². The minimum atomic E-state index is -0.283. The first-order valence-electron chi connectivity index (χ1n) is 7.02. The number of amides is 1. The van der Waals surface area contributed by atoms with E-state index < -0.39 is 0 Å². The highest BCUT2D eigenvalue weighted by atomic mass is 79.9. The molecule has 0 aliphatic carbocycles. The summed E-state index contributed by atoms with van der Waals surface area (Å²) in [4.78, 5) is 20.4. The second-order valence-electron chi connectivity index (χ2n) is 4.84. The molecule has 0 radical (unpaired) electrons. The molecular weight excluding hydrogens is 419 g/mol. The van der Waals surface area contributed by atoms with Gasteiger partial charge in [-0.05, 0) is 41.9 Å². The van der Waals surface area contributed by atoms with Gasteiger partial charge in [0.2, 0.25) is 5.95 Å². The average Bonchev–Trinajstić information content (AvgIpc) is 2.45. The van der Waals surface area contributed by atoms with Crippen LogP contribution in [0, 0.1) is 6.92 Å². The van der Waals surface area contributed by atoms with Gasteiger partial charge in [0, 0.05) is 11.6 Å². The predicted molar refractivity (Wildman–Crippen MR) is 97.7 cm³/mol. The third-order valence-electron chi connectivity index (χ3n) is 3.06. The van der Waals surface area contributed by atoms with Gasteiger partial charge >= 0.3 is 0 Å². The summed E-state index contributed by atoms with van der Waals surface area (Å²) >= 11 is 15.4. The first-order valence-corrected chi connectivity index (χ1v) is 8.56. The Morgan fingerprint density at radius 2 is 2.08 bits per heavy atom. The SMILES string of the molecule is CCNC(=O)c1c(C)nc(N)nc1COc1c(Cl)cc(Cl)cc1Br. The van der Waals surface area contributed by atoms with Gasteiger partial charge in [-0.15, -0.1) is 0 Å². The van der Waals surface area contributed by atoms with E-state index in [2.05, 4.69) is 31.2 Å². The van der Waals surface area contributed by atoms with Crippen LogP contribution in [0.5, 0.6) is 5.75 Å². The fraction of sp³-hybridized carbons (Fsp3) is 0.267. The molecule has 0 saturated heterocycles. The molecule has 3 N–H and O–H groups in total. The first kappa shape index (κ1) is 18.8. The summed E-state index contributed by atoms with van der Waals surface area (Å²) in [6.45, 7) is 4.00. The number of nitrogens with one attached hydrogen (secondary N) is 1. The van der Waals surface area contributed by atoms with Gasteiger partial charge in [0.05, 0.1) is 26.4 Å². The lowest BCUT2D eigenvalue weighted by Crippen LogP contribution is -2.26. The van der Waals surface area contributed by atoms with Gasteiger partial charge in [0.1, 0.15) is 6.61 Å². The number of rotatable bonds is 5. The standard InChI is InChI=1S/C15H15BrCl2N4O2/c1-3-20-14(23)12-7(2)21-15(19)22-11(12)6-24-13-9(16)4-8(17)5-10(13)18/h4-5H,3,6H2,1-2H3,(H,20,23)(H2,19,21,22). The van der Waals surface area contributed by atoms with E-state index in [9.17, 15) is 4.79 Å². The summed E-state index contributed by atoms with van der Waals surface area (Å²) in [6, 6.07) is 3.22. The Labute approximate surface area is 157 Å². The van der Waals surface area contributed by atoms with E-state index in [4.69, 9.17) is 33.7 Å². The minimum Gasteiger partial charge on any atom is -0.485 e. The maximum absolute atomic E-state index is 12.2. The number of carbonyl (C=O) groups is 1. The van der Waals surface area contributed by atoms with Crippen LogP contribution < -0.4 is 15.8 Å². The van der Waals surface area contributed by atoms with Crippen LogP contribution in [0.3, 0.4) is 0 Å². The molecule has 24 heavy (non-hydrogen) atoms. The van der Waals surface area contributed by atoms with E-state index >= 15 is 0 Å². The van der Waals surface area contributed by atoms with Crippen molar-refractivity contribution < 1.29 is 9.53 Å². The molecule has 0 spiro atoms. The summed E-state index contributed by atoms with van der Waals surface area (Å²) in [5.74, 6) is 0.188. The van der Waals surface area contributed by atoms with E-state index in [0.29, 0.717) is 43.8 Å². The molecule has 0 bridgehead atoms. The number of hydrogen-bond acceptors (Lipinski definition) is 5. The van der Waals surface area contributed by atoms with Crippen LogP contribution in [-0.2, 0) is 6.61 Å². The zero-order valence-electron chi connectivity index (χ0n) is 13.0. The molecule has 0 atom stereocenters. The number of halogens is 3. The number of anilines is 1. The summed E-state index contributed by atoms with van der Waals surface area (Å²) in [5, 5.41) is 3.54. The van der Waals surface area contributed by atoms with Gasteiger partial charge in [0.15, 0.2) is 5.75 Å². The topological polar surface area (TPSA) is 90.1 Å². The van der Waals surface area contributed by atoms with Crippen molar-refractivity contribution in [3.05, 3.63) is 43.6 Å². The van der Waals surface area contributed by atoms with E-state index in [1.807, 2.05) is 6.92 Å². The molecule has 2 aromatic rings. The number of hydrogen-bond donors (Lipinski definition) is 2. The van der Waals surface area contributed by atoms with Crippen LogP contribution in [0.2, 0.25) is 10.0 Å². The second-order valence-corrected chi connectivity index (χ2v) is 6.53. The molecule has 1 aromatic heterocycles. The molecule has 1 aromatic carbocycles. The van der Waals surface area contributed by atoms with Crippen LogP contribution in [0.1, 0.15) is 28.7 Å². The highest BCUT2D eigenvalue weighted by Gasteiger charge is 2.19. The third kappa shape index (κ3) is 4.28. The molecule has 0 unspecified atom stereocenters. The lowest BCUT2D eigenvalue weighted by Gasteiger charge is -2.14. The highest BCUT2D eigenvalue weighted by Crippen LogP contribution is 2.36. The Balaban J connectivity index is 2.35. The Bertz CT molecular complexity index is 763. The van der Waals surface area contributed by atoms with Crippen molar-refractivity contribution >= 4 is 51.0 Å². The maximum Gasteiger partial charge on any atom is 0.255 e. The number of aromatic nitrogens is 2. The van der Waals surface area contributed by atoms with Gasteiger partial charge in [-0.3, -0.25) is 4.79 Å². The number of nitrogen functional groups attached to an aromatic ring is 1. The largest absolute Gasteiger partial charge is 0.485 e. The van der Waals surface area contributed by atoms with Crippen molar-refractivity contribution in [2.24, 2.45) is 0 Å². The lowest BCUT2D eigenvalue weighted by molar-refractivity contribution is 0.0951. The van der Waals surface area contributed by atoms with Crippen molar-refractivity contribution in [1.82, 2.24) is 15.3 Å². The zero-order chi connectivity index (χ0) is 17.9. The zero-order valence-corrected chi connectivity index (χ0v) is 16.1. The minimum absolute atomic E-state index is 0.0000198. The molecule has 128 valence electrons. The molecule has 9 heteroatoms. The Kier molecular flexibility index (Phi) is 6.26. The Morgan fingerprint density at radius 3 is 2.71 bits per heavy atom. The van der Waals surface area contributed by atoms with Crippen molar-refractivity contribution in [1.29, 1.82) is 0 Å². The quantitative estimate of drug-likeness (QED) is 0.748. The van der Waals surface area contributed by atoms with E-state index in [0.717, 1.165) is 0 Å². The number of ether oxygens (including phenoxy) is 1. The summed E-state index contributed by atoms with van der Waals surface area (Å²) in [5.41, 5.74) is 6.89. The summed E-state index contributed by atoms with van der Waals surface area (Å²) in [6.07, 6.45) is 0. The van der Waals surface area contributed by atoms with Crippen molar-refractivity contribution in [3.63, 3.8) is 0 Å². The maximum atomic E-state index is 12.2. The molecule has 0 aliphatic heterocycles. The fourth-order valence-corrected chi connectivity index (χ4v) is 3.48. The fourth-order valence-electron chi connectivity index (χ4n) is 2.11. The number of nitrogens with two attached hydrogens (primary N) is 1. The average molecular weight is 434 g/mol. The van der Waals surface area contributed by atoms with Gasteiger partial charge < -0.3 is 15.8 Å². The Hall–Kier alpha value is -1.57. The molecule has 0 saturated carbocycles. The molecule has 1 heterocycles. The lowest BCUT2D eigenvalue weighted by atomic mass is 10.1. The van der Waals surface area contributed by atoms with Crippen molar-refractivity contribution in [2.45, 2.75) is 20.5 Å². The normalized spacial score (nSPS) is 10.5. The highest BCUT2D eigenvalue weighted by molar-refractivity contribution is 9.10. The number of benzene rings is 1. The van der Waals surface area contributed by atoms with E-state index in [1.165, 1.54) is 0 Å². The number of aryl methyl sites for hydroxylation is 1. The second kappa shape index (κ2) is 8.00. The Morgan fingerprint density at radius 1 is 1.38 bits per heavy atom. The molecule has 0 fully saturated rings. The van der Waals surface area contributed by atoms with Gasteiger partial charge in [-0.25, -0.2) is 9.97 Å². The van der Waals surface area contributed by atoms with Crippen LogP contribution in [0.4, 0.5) is 5.95 Å². The van der Waals surface area contributed by atoms with E-state index in [1.54, 1.807) is 19.1 Å². The molecule has 0 aliphatic rings. The molecule has 6 nitrogen and oxygen atoms in total. The van der Waals surface area contributed by atoms with Gasteiger partial charge in [-0.1, -0.05) is 23.2 Å². The summed E-state index contributed by atoms with van der Waals surface area (Å²) < 4.78 is 6.32.